The van der Waals surface area contributed by atoms with Crippen LogP contribution in [0, 0.1) is 5.92 Å². The van der Waals surface area contributed by atoms with Crippen LogP contribution in [0.15, 0.2) is 48.5 Å². The maximum Gasteiger partial charge on any atom is 0.338 e. The number of imide groups is 1. The van der Waals surface area contributed by atoms with Crippen LogP contribution in [0.2, 0.25) is 0 Å². The van der Waals surface area contributed by atoms with Gasteiger partial charge in [-0.1, -0.05) is 26.0 Å². The van der Waals surface area contributed by atoms with Crippen LogP contribution in [-0.2, 0) is 19.1 Å². The fourth-order valence-corrected chi connectivity index (χ4v) is 3.58. The average molecular weight is 466 g/mol. The number of ether oxygens (including phenoxy) is 2. The molecule has 1 heterocycles. The number of carbonyl (C=O) groups excluding carboxylic acids is 5. The van der Waals surface area contributed by atoms with E-state index in [0.717, 1.165) is 4.90 Å². The second kappa shape index (κ2) is 10.7. The van der Waals surface area contributed by atoms with Crippen molar-refractivity contribution in [2.24, 2.45) is 5.92 Å². The Balaban J connectivity index is 1.63. The standard InChI is InChI=1S/C25H26N2O7/c1-4-33-24(31)16-9-11-17(12-10-16)26-21(28)14-34-25(32)20(13-15(2)3)27-22(29)18-7-5-6-8-19(18)23(27)30/h5-12,15,20H,4,13-14H2,1-3H3,(H,26,28)/t20-/m1/s1. The number of nitrogens with one attached hydrogen (secondary N) is 1. The Morgan fingerprint density at radius 1 is 0.912 bits per heavy atom. The number of amides is 3. The summed E-state index contributed by atoms with van der Waals surface area (Å²) in [5.41, 5.74) is 1.20. The average Bonchev–Trinajstić information content (AvgIpc) is 3.06. The van der Waals surface area contributed by atoms with E-state index in [2.05, 4.69) is 5.32 Å². The predicted octanol–water partition coefficient (Wildman–Crippen LogP) is 3.06. The van der Waals surface area contributed by atoms with E-state index >= 15 is 0 Å². The minimum absolute atomic E-state index is 0.0198. The minimum atomic E-state index is -1.15. The van der Waals surface area contributed by atoms with Crippen molar-refractivity contribution >= 4 is 35.3 Å². The van der Waals surface area contributed by atoms with E-state index in [0.29, 0.717) is 11.3 Å². The number of hydrogen-bond acceptors (Lipinski definition) is 7. The number of carbonyl (C=O) groups is 5. The van der Waals surface area contributed by atoms with E-state index in [4.69, 9.17) is 9.47 Å². The van der Waals surface area contributed by atoms with Crippen molar-refractivity contribution in [1.82, 2.24) is 4.90 Å². The highest BCUT2D eigenvalue weighted by molar-refractivity contribution is 6.22. The molecule has 0 unspecified atom stereocenters. The van der Waals surface area contributed by atoms with Crippen LogP contribution in [0.3, 0.4) is 0 Å². The van der Waals surface area contributed by atoms with Gasteiger partial charge in [0.05, 0.1) is 23.3 Å². The zero-order valence-corrected chi connectivity index (χ0v) is 19.2. The van der Waals surface area contributed by atoms with Gasteiger partial charge < -0.3 is 14.8 Å². The van der Waals surface area contributed by atoms with Gasteiger partial charge in [-0.2, -0.15) is 0 Å². The number of hydrogen-bond donors (Lipinski definition) is 1. The molecule has 0 saturated heterocycles. The molecule has 9 nitrogen and oxygen atoms in total. The molecule has 1 aliphatic heterocycles. The van der Waals surface area contributed by atoms with Gasteiger partial charge in [0.1, 0.15) is 6.04 Å². The molecule has 0 aromatic heterocycles. The van der Waals surface area contributed by atoms with E-state index in [-0.39, 0.29) is 30.1 Å². The summed E-state index contributed by atoms with van der Waals surface area (Å²) in [5.74, 6) is -3.06. The Kier molecular flexibility index (Phi) is 7.78. The van der Waals surface area contributed by atoms with Crippen molar-refractivity contribution in [3.8, 4) is 0 Å². The molecule has 9 heteroatoms. The molecule has 0 aliphatic carbocycles. The van der Waals surface area contributed by atoms with Gasteiger partial charge in [-0.05, 0) is 55.7 Å². The highest BCUT2D eigenvalue weighted by atomic mass is 16.5. The molecule has 1 N–H and O–H groups in total. The van der Waals surface area contributed by atoms with E-state index in [9.17, 15) is 24.0 Å². The summed E-state index contributed by atoms with van der Waals surface area (Å²) < 4.78 is 10.1. The van der Waals surface area contributed by atoms with Crippen molar-refractivity contribution in [1.29, 1.82) is 0 Å². The topological polar surface area (TPSA) is 119 Å². The summed E-state index contributed by atoms with van der Waals surface area (Å²) in [4.78, 5) is 63.4. The van der Waals surface area contributed by atoms with Crippen molar-refractivity contribution in [3.05, 3.63) is 65.2 Å². The summed E-state index contributed by atoms with van der Waals surface area (Å²) in [6, 6.07) is 11.3. The first kappa shape index (κ1) is 24.6. The first-order chi connectivity index (χ1) is 16.2. The smallest absolute Gasteiger partial charge is 0.338 e. The van der Waals surface area contributed by atoms with Gasteiger partial charge in [0, 0.05) is 5.69 Å². The Bertz CT molecular complexity index is 1070. The maximum atomic E-state index is 12.8. The fourth-order valence-electron chi connectivity index (χ4n) is 3.58. The molecule has 34 heavy (non-hydrogen) atoms. The van der Waals surface area contributed by atoms with Gasteiger partial charge >= 0.3 is 11.9 Å². The number of benzene rings is 2. The quantitative estimate of drug-likeness (QED) is 0.446. The monoisotopic (exact) mass is 466 g/mol. The van der Waals surface area contributed by atoms with Gasteiger partial charge in [0.15, 0.2) is 6.61 Å². The highest BCUT2D eigenvalue weighted by Gasteiger charge is 2.43. The molecule has 2 aromatic carbocycles. The number of nitrogens with zero attached hydrogens (tertiary/aromatic N) is 1. The van der Waals surface area contributed by atoms with Gasteiger partial charge in [-0.3, -0.25) is 19.3 Å². The molecule has 3 rings (SSSR count). The number of esters is 2. The second-order valence-electron chi connectivity index (χ2n) is 8.12. The summed E-state index contributed by atoms with van der Waals surface area (Å²) in [6.45, 7) is 5.06. The third-order valence-corrected chi connectivity index (χ3v) is 5.13. The van der Waals surface area contributed by atoms with Crippen LogP contribution >= 0.6 is 0 Å². The molecule has 3 amide bonds. The van der Waals surface area contributed by atoms with Crippen LogP contribution in [0.1, 0.15) is 58.3 Å². The summed E-state index contributed by atoms with van der Waals surface area (Å²) >= 11 is 0. The van der Waals surface area contributed by atoms with E-state index in [1.807, 2.05) is 13.8 Å². The SMILES string of the molecule is CCOC(=O)c1ccc(NC(=O)COC(=O)[C@@H](CC(C)C)N2C(=O)c3ccccc3C2=O)cc1. The van der Waals surface area contributed by atoms with Gasteiger partial charge in [0.25, 0.3) is 17.7 Å². The third kappa shape index (κ3) is 5.48. The third-order valence-electron chi connectivity index (χ3n) is 5.13. The van der Waals surface area contributed by atoms with Crippen molar-refractivity contribution in [2.75, 3.05) is 18.5 Å². The molecule has 0 bridgehead atoms. The largest absolute Gasteiger partial charge is 0.462 e. The lowest BCUT2D eigenvalue weighted by molar-refractivity contribution is -0.151. The minimum Gasteiger partial charge on any atom is -0.462 e. The van der Waals surface area contributed by atoms with Crippen molar-refractivity contribution in [3.63, 3.8) is 0 Å². The van der Waals surface area contributed by atoms with E-state index in [1.165, 1.54) is 36.4 Å². The van der Waals surface area contributed by atoms with Crippen LogP contribution in [0.5, 0.6) is 0 Å². The van der Waals surface area contributed by atoms with Crippen molar-refractivity contribution in [2.45, 2.75) is 33.2 Å². The molecule has 1 aliphatic rings. The van der Waals surface area contributed by atoms with Gasteiger partial charge in [-0.25, -0.2) is 9.59 Å². The molecule has 1 atom stereocenters. The normalized spacial score (nSPS) is 13.5. The number of rotatable bonds is 9. The maximum absolute atomic E-state index is 12.8. The highest BCUT2D eigenvalue weighted by Crippen LogP contribution is 2.27. The first-order valence-electron chi connectivity index (χ1n) is 10.9. The molecule has 2 aromatic rings. The predicted molar refractivity (Wildman–Crippen MR) is 122 cm³/mol. The van der Waals surface area contributed by atoms with Crippen LogP contribution in [0.25, 0.3) is 0 Å². The molecule has 178 valence electrons. The second-order valence-corrected chi connectivity index (χ2v) is 8.12. The number of fused-ring (bicyclic) bond motifs is 1. The molecular formula is C25H26N2O7. The van der Waals surface area contributed by atoms with Crippen LogP contribution < -0.4 is 5.32 Å². The first-order valence-corrected chi connectivity index (χ1v) is 10.9. The van der Waals surface area contributed by atoms with Crippen molar-refractivity contribution < 1.29 is 33.4 Å². The molecule has 0 spiro atoms. The fraction of sp³-hybridized carbons (Fsp3) is 0.320. The Morgan fingerprint density at radius 3 is 2.03 bits per heavy atom. The lowest BCUT2D eigenvalue weighted by Crippen LogP contribution is -2.46. The van der Waals surface area contributed by atoms with Gasteiger partial charge in [-0.15, -0.1) is 0 Å². The Hall–Kier alpha value is -4.01. The molecule has 0 saturated carbocycles. The number of anilines is 1. The van der Waals surface area contributed by atoms with Gasteiger partial charge in [0.2, 0.25) is 0 Å². The zero-order valence-electron chi connectivity index (χ0n) is 19.2. The van der Waals surface area contributed by atoms with Crippen LogP contribution in [0.4, 0.5) is 5.69 Å². The lowest BCUT2D eigenvalue weighted by atomic mass is 10.0. The molecule has 0 fully saturated rings. The summed E-state index contributed by atoms with van der Waals surface area (Å²) in [7, 11) is 0. The summed E-state index contributed by atoms with van der Waals surface area (Å²) in [5, 5.41) is 2.56. The summed E-state index contributed by atoms with van der Waals surface area (Å²) in [6.07, 6.45) is 0.196. The Labute approximate surface area is 197 Å². The van der Waals surface area contributed by atoms with E-state index in [1.54, 1.807) is 19.1 Å². The molecular weight excluding hydrogens is 440 g/mol. The Morgan fingerprint density at radius 2 is 1.50 bits per heavy atom. The molecule has 0 radical (unpaired) electrons. The van der Waals surface area contributed by atoms with E-state index < -0.39 is 42.3 Å². The lowest BCUT2D eigenvalue weighted by Gasteiger charge is -2.25. The van der Waals surface area contributed by atoms with Crippen LogP contribution in [-0.4, -0.2) is 53.8 Å². The zero-order chi connectivity index (χ0) is 24.8.